The van der Waals surface area contributed by atoms with Crippen LogP contribution < -0.4 is 0 Å². The van der Waals surface area contributed by atoms with Gasteiger partial charge in [-0.25, -0.2) is 0 Å². The fraction of sp³-hybridized carbons (Fsp3) is 0.391. The molecule has 2 saturated heterocycles. The maximum atomic E-state index is 12.9. The number of nitrogens with zero attached hydrogens (tertiary/aromatic N) is 1. The van der Waals surface area contributed by atoms with Gasteiger partial charge in [-0.2, -0.15) is 0 Å². The van der Waals surface area contributed by atoms with Gasteiger partial charge in [0.15, 0.2) is 0 Å². The highest BCUT2D eigenvalue weighted by atomic mass is 16.6. The summed E-state index contributed by atoms with van der Waals surface area (Å²) in [4.78, 5) is 27.6. The van der Waals surface area contributed by atoms with Crippen molar-refractivity contribution in [1.29, 1.82) is 0 Å². The van der Waals surface area contributed by atoms with E-state index in [4.69, 9.17) is 9.47 Å². The van der Waals surface area contributed by atoms with Gasteiger partial charge >= 0.3 is 11.9 Å². The van der Waals surface area contributed by atoms with Gasteiger partial charge in [-0.3, -0.25) is 14.5 Å². The molecule has 2 aliphatic rings. The van der Waals surface area contributed by atoms with Gasteiger partial charge in [0.05, 0.1) is 18.8 Å². The lowest BCUT2D eigenvalue weighted by atomic mass is 9.84. The van der Waals surface area contributed by atoms with Crippen LogP contribution in [0.4, 0.5) is 0 Å². The molecular formula is C23H25NO5. The van der Waals surface area contributed by atoms with Gasteiger partial charge in [0.2, 0.25) is 0 Å². The topological polar surface area (TPSA) is 76.1 Å². The Bertz CT molecular complexity index is 856. The first-order chi connectivity index (χ1) is 14.1. The fourth-order valence-corrected chi connectivity index (χ4v) is 4.45. The quantitative estimate of drug-likeness (QED) is 0.803. The van der Waals surface area contributed by atoms with Crippen molar-refractivity contribution in [2.24, 2.45) is 0 Å². The Morgan fingerprint density at radius 2 is 1.69 bits per heavy atom. The number of piperidine rings is 1. The third-order valence-corrected chi connectivity index (χ3v) is 5.66. The molecule has 0 unspecified atom stereocenters. The number of rotatable bonds is 4. The molecule has 2 heterocycles. The Kier molecular flexibility index (Phi) is 5.65. The summed E-state index contributed by atoms with van der Waals surface area (Å²) in [5, 5.41) is 10.4. The van der Waals surface area contributed by atoms with Crippen LogP contribution in [0.2, 0.25) is 0 Å². The van der Waals surface area contributed by atoms with E-state index in [2.05, 4.69) is 0 Å². The van der Waals surface area contributed by atoms with Crippen LogP contribution in [-0.2, 0) is 19.1 Å². The average molecular weight is 395 g/mol. The summed E-state index contributed by atoms with van der Waals surface area (Å²) in [6.45, 7) is 1.99. The van der Waals surface area contributed by atoms with Crippen molar-refractivity contribution in [2.45, 2.75) is 50.1 Å². The third-order valence-electron chi connectivity index (χ3n) is 5.66. The van der Waals surface area contributed by atoms with Crippen LogP contribution in [0.15, 0.2) is 60.7 Å². The number of fused-ring (bicyclic) bond motifs is 1. The number of morpholine rings is 1. The van der Waals surface area contributed by atoms with Crippen molar-refractivity contribution >= 4 is 11.9 Å². The second kappa shape index (κ2) is 8.35. The SMILES string of the molecule is CCOC(=O)[C@H]1C[C@@H](O)C[C@@H]2C(=O)O[C@@H](c3ccccc3)[C@@H](c3ccccc3)N12. The Balaban J connectivity index is 1.82. The summed E-state index contributed by atoms with van der Waals surface area (Å²) in [5.41, 5.74) is 1.81. The molecule has 6 nitrogen and oxygen atoms in total. The second-order valence-corrected chi connectivity index (χ2v) is 7.48. The summed E-state index contributed by atoms with van der Waals surface area (Å²) in [6, 6.07) is 17.5. The van der Waals surface area contributed by atoms with E-state index in [9.17, 15) is 14.7 Å². The molecule has 2 fully saturated rings. The van der Waals surface area contributed by atoms with Crippen LogP contribution in [0.5, 0.6) is 0 Å². The highest BCUT2D eigenvalue weighted by molar-refractivity contribution is 5.81. The van der Waals surface area contributed by atoms with E-state index in [1.54, 1.807) is 6.92 Å². The minimum absolute atomic E-state index is 0.230. The molecule has 0 spiro atoms. The minimum atomic E-state index is -0.761. The van der Waals surface area contributed by atoms with Gasteiger partial charge in [-0.15, -0.1) is 0 Å². The molecule has 152 valence electrons. The molecule has 6 heteroatoms. The predicted molar refractivity (Wildman–Crippen MR) is 106 cm³/mol. The molecule has 2 aromatic rings. The maximum absolute atomic E-state index is 12.9. The monoisotopic (exact) mass is 395 g/mol. The zero-order chi connectivity index (χ0) is 20.4. The first-order valence-corrected chi connectivity index (χ1v) is 10.0. The number of carbonyl (C=O) groups is 2. The summed E-state index contributed by atoms with van der Waals surface area (Å²) in [7, 11) is 0. The van der Waals surface area contributed by atoms with Crippen LogP contribution >= 0.6 is 0 Å². The normalized spacial score (nSPS) is 29.6. The largest absolute Gasteiger partial charge is 0.465 e. The fourth-order valence-electron chi connectivity index (χ4n) is 4.45. The molecule has 29 heavy (non-hydrogen) atoms. The first kappa shape index (κ1) is 19.6. The molecule has 0 aromatic heterocycles. The summed E-state index contributed by atoms with van der Waals surface area (Å²) in [6.07, 6.45) is -0.857. The van der Waals surface area contributed by atoms with Crippen LogP contribution in [0.3, 0.4) is 0 Å². The zero-order valence-corrected chi connectivity index (χ0v) is 16.3. The molecule has 0 aliphatic carbocycles. The Morgan fingerprint density at radius 3 is 2.31 bits per heavy atom. The zero-order valence-electron chi connectivity index (χ0n) is 16.3. The summed E-state index contributed by atoms with van der Waals surface area (Å²) in [5.74, 6) is -0.835. The molecule has 0 amide bonds. The predicted octanol–water partition coefficient (Wildman–Crippen LogP) is 2.78. The minimum Gasteiger partial charge on any atom is -0.465 e. The highest BCUT2D eigenvalue weighted by Gasteiger charge is 2.53. The number of hydrogen-bond acceptors (Lipinski definition) is 6. The molecular weight excluding hydrogens is 370 g/mol. The standard InChI is InChI=1S/C23H25NO5/c1-2-28-22(26)18-13-17(25)14-19-23(27)29-21(16-11-7-4-8-12-16)20(24(18)19)15-9-5-3-6-10-15/h3-12,17-21,25H,2,13-14H2,1H3/t17-,18-,19-,20-,21+/m1/s1. The van der Waals surface area contributed by atoms with Crippen molar-refractivity contribution < 1.29 is 24.2 Å². The Labute approximate surface area is 170 Å². The molecule has 1 N–H and O–H groups in total. The van der Waals surface area contributed by atoms with Crippen LogP contribution in [0.25, 0.3) is 0 Å². The molecule has 0 bridgehead atoms. The van der Waals surface area contributed by atoms with Gasteiger partial charge in [0, 0.05) is 0 Å². The number of aliphatic hydroxyl groups excluding tert-OH is 1. The van der Waals surface area contributed by atoms with Gasteiger partial charge in [0.25, 0.3) is 0 Å². The Morgan fingerprint density at radius 1 is 1.07 bits per heavy atom. The highest BCUT2D eigenvalue weighted by Crippen LogP contribution is 2.46. The van der Waals surface area contributed by atoms with Crippen molar-refractivity contribution in [3.63, 3.8) is 0 Å². The van der Waals surface area contributed by atoms with Gasteiger partial charge in [0.1, 0.15) is 18.2 Å². The third kappa shape index (κ3) is 3.78. The van der Waals surface area contributed by atoms with Gasteiger partial charge in [-0.05, 0) is 30.9 Å². The van der Waals surface area contributed by atoms with E-state index in [1.165, 1.54) is 0 Å². The number of cyclic esters (lactones) is 1. The van der Waals surface area contributed by atoms with Crippen molar-refractivity contribution in [3.05, 3.63) is 71.8 Å². The summed E-state index contributed by atoms with van der Waals surface area (Å²) < 4.78 is 11.2. The van der Waals surface area contributed by atoms with Crippen LogP contribution in [0.1, 0.15) is 43.0 Å². The van der Waals surface area contributed by atoms with Gasteiger partial charge < -0.3 is 14.6 Å². The first-order valence-electron chi connectivity index (χ1n) is 10.0. The molecule has 2 aromatic carbocycles. The lowest BCUT2D eigenvalue weighted by molar-refractivity contribution is -0.194. The average Bonchev–Trinajstić information content (AvgIpc) is 2.75. The van der Waals surface area contributed by atoms with Crippen molar-refractivity contribution in [3.8, 4) is 0 Å². The number of hydrogen-bond donors (Lipinski definition) is 1. The van der Waals surface area contributed by atoms with Crippen LogP contribution in [0, 0.1) is 0 Å². The van der Waals surface area contributed by atoms with E-state index in [-0.39, 0.29) is 25.5 Å². The number of aliphatic hydroxyl groups is 1. The maximum Gasteiger partial charge on any atom is 0.324 e. The lowest BCUT2D eigenvalue weighted by Gasteiger charge is -2.51. The van der Waals surface area contributed by atoms with Crippen LogP contribution in [-0.4, -0.2) is 46.7 Å². The Hall–Kier alpha value is -2.70. The van der Waals surface area contributed by atoms with E-state index in [1.807, 2.05) is 65.6 Å². The smallest absolute Gasteiger partial charge is 0.324 e. The van der Waals surface area contributed by atoms with E-state index < -0.39 is 36.2 Å². The van der Waals surface area contributed by atoms with Crippen molar-refractivity contribution in [1.82, 2.24) is 4.90 Å². The number of benzene rings is 2. The number of ether oxygens (including phenoxy) is 2. The van der Waals surface area contributed by atoms with Gasteiger partial charge in [-0.1, -0.05) is 60.7 Å². The molecule has 0 radical (unpaired) electrons. The molecule has 0 saturated carbocycles. The number of carbonyl (C=O) groups excluding carboxylic acids is 2. The summed E-state index contributed by atoms with van der Waals surface area (Å²) >= 11 is 0. The number of esters is 2. The van der Waals surface area contributed by atoms with E-state index in [0.29, 0.717) is 0 Å². The second-order valence-electron chi connectivity index (χ2n) is 7.48. The molecule has 5 atom stereocenters. The molecule has 4 rings (SSSR count). The molecule has 2 aliphatic heterocycles. The van der Waals surface area contributed by atoms with E-state index >= 15 is 0 Å². The van der Waals surface area contributed by atoms with Crippen molar-refractivity contribution in [2.75, 3.05) is 6.61 Å². The lowest BCUT2D eigenvalue weighted by Crippen LogP contribution is -2.62. The van der Waals surface area contributed by atoms with E-state index in [0.717, 1.165) is 11.1 Å².